The normalized spacial score (nSPS) is 10.3. The minimum Gasteiger partial charge on any atom is -0.491 e. The van der Waals surface area contributed by atoms with Gasteiger partial charge in [-0.2, -0.15) is 0 Å². The quantitative estimate of drug-likeness (QED) is 0.464. The second-order valence-corrected chi connectivity index (χ2v) is 6.57. The molecule has 0 aromatic heterocycles. The number of benzene rings is 3. The van der Waals surface area contributed by atoms with E-state index in [1.807, 2.05) is 66.7 Å². The van der Waals surface area contributed by atoms with Gasteiger partial charge in [0.25, 0.3) is 0 Å². The van der Waals surface area contributed by atoms with Crippen LogP contribution in [-0.2, 0) is 16.1 Å². The van der Waals surface area contributed by atoms with Gasteiger partial charge < -0.3 is 24.8 Å². The molecule has 0 heterocycles. The molecule has 6 heteroatoms. The zero-order valence-electron chi connectivity index (χ0n) is 17.0. The third-order valence-electron chi connectivity index (χ3n) is 4.23. The summed E-state index contributed by atoms with van der Waals surface area (Å²) in [7, 11) is 1.63. The molecule has 0 aliphatic carbocycles. The highest BCUT2D eigenvalue weighted by Crippen LogP contribution is 2.19. The lowest BCUT2D eigenvalue weighted by Gasteiger charge is -2.11. The van der Waals surface area contributed by atoms with E-state index in [-0.39, 0.29) is 12.5 Å². The van der Waals surface area contributed by atoms with Crippen LogP contribution in [0.3, 0.4) is 0 Å². The molecule has 0 spiro atoms. The third-order valence-corrected chi connectivity index (χ3v) is 4.23. The molecule has 0 bridgehead atoms. The first-order valence-corrected chi connectivity index (χ1v) is 9.75. The summed E-state index contributed by atoms with van der Waals surface area (Å²) in [5.41, 5.74) is 2.63. The zero-order valence-corrected chi connectivity index (χ0v) is 17.0. The first kappa shape index (κ1) is 21.2. The number of carbonyl (C=O) groups is 1. The van der Waals surface area contributed by atoms with Crippen molar-refractivity contribution in [3.63, 3.8) is 0 Å². The van der Waals surface area contributed by atoms with E-state index in [9.17, 15) is 4.79 Å². The molecule has 1 amide bonds. The Morgan fingerprint density at radius 1 is 0.800 bits per heavy atom. The van der Waals surface area contributed by atoms with E-state index in [1.54, 1.807) is 19.2 Å². The van der Waals surface area contributed by atoms with Crippen molar-refractivity contribution >= 4 is 17.3 Å². The van der Waals surface area contributed by atoms with Gasteiger partial charge in [0.15, 0.2) is 0 Å². The number of ether oxygens (including phenoxy) is 3. The molecule has 3 rings (SSSR count). The van der Waals surface area contributed by atoms with Gasteiger partial charge >= 0.3 is 0 Å². The SMILES string of the molecule is COCCOc1ccc(NC(=O)CNc2cccc(OCc3ccccc3)c2)cc1. The van der Waals surface area contributed by atoms with Gasteiger partial charge in [-0.05, 0) is 42.0 Å². The largest absolute Gasteiger partial charge is 0.491 e. The Morgan fingerprint density at radius 2 is 1.60 bits per heavy atom. The van der Waals surface area contributed by atoms with Crippen LogP contribution < -0.4 is 20.1 Å². The van der Waals surface area contributed by atoms with Crippen molar-refractivity contribution in [2.45, 2.75) is 6.61 Å². The van der Waals surface area contributed by atoms with Crippen molar-refractivity contribution in [3.05, 3.63) is 84.4 Å². The maximum Gasteiger partial charge on any atom is 0.243 e. The lowest BCUT2D eigenvalue weighted by atomic mass is 10.2. The lowest BCUT2D eigenvalue weighted by molar-refractivity contribution is -0.114. The Hall–Kier alpha value is -3.51. The zero-order chi connectivity index (χ0) is 21.0. The number of amides is 1. The van der Waals surface area contributed by atoms with Gasteiger partial charge in [0, 0.05) is 24.6 Å². The van der Waals surface area contributed by atoms with E-state index >= 15 is 0 Å². The standard InChI is InChI=1S/C24H26N2O4/c1-28-14-15-29-22-12-10-20(11-13-22)26-24(27)17-25-21-8-5-9-23(16-21)30-18-19-6-3-2-4-7-19/h2-13,16,25H,14-15,17-18H2,1H3,(H,26,27). The summed E-state index contributed by atoms with van der Waals surface area (Å²) < 4.78 is 16.3. The van der Waals surface area contributed by atoms with Crippen LogP contribution in [0.15, 0.2) is 78.9 Å². The van der Waals surface area contributed by atoms with Crippen LogP contribution in [0.25, 0.3) is 0 Å². The molecule has 0 unspecified atom stereocenters. The fourth-order valence-corrected chi connectivity index (χ4v) is 2.70. The van der Waals surface area contributed by atoms with Crippen LogP contribution in [0.4, 0.5) is 11.4 Å². The van der Waals surface area contributed by atoms with E-state index in [0.717, 1.165) is 22.7 Å². The monoisotopic (exact) mass is 406 g/mol. The maximum atomic E-state index is 12.2. The van der Waals surface area contributed by atoms with Crippen LogP contribution >= 0.6 is 0 Å². The van der Waals surface area contributed by atoms with Gasteiger partial charge in [-0.25, -0.2) is 0 Å². The molecule has 156 valence electrons. The molecule has 0 saturated heterocycles. The lowest BCUT2D eigenvalue weighted by Crippen LogP contribution is -2.21. The second-order valence-electron chi connectivity index (χ2n) is 6.57. The van der Waals surface area contributed by atoms with E-state index < -0.39 is 0 Å². The van der Waals surface area contributed by atoms with Crippen molar-refractivity contribution < 1.29 is 19.0 Å². The molecule has 0 saturated carbocycles. The smallest absolute Gasteiger partial charge is 0.243 e. The highest BCUT2D eigenvalue weighted by molar-refractivity contribution is 5.93. The molecule has 6 nitrogen and oxygen atoms in total. The molecule has 0 fully saturated rings. The summed E-state index contributed by atoms with van der Waals surface area (Å²) in [4.78, 5) is 12.2. The topological polar surface area (TPSA) is 68.8 Å². The number of hydrogen-bond donors (Lipinski definition) is 2. The average molecular weight is 406 g/mol. The van der Waals surface area contributed by atoms with E-state index in [4.69, 9.17) is 14.2 Å². The van der Waals surface area contributed by atoms with Crippen LogP contribution in [0.2, 0.25) is 0 Å². The van der Waals surface area contributed by atoms with E-state index in [2.05, 4.69) is 10.6 Å². The third kappa shape index (κ3) is 7.14. The molecular weight excluding hydrogens is 380 g/mol. The first-order valence-electron chi connectivity index (χ1n) is 9.75. The van der Waals surface area contributed by atoms with Crippen molar-refractivity contribution in [1.29, 1.82) is 0 Å². The summed E-state index contributed by atoms with van der Waals surface area (Å²) >= 11 is 0. The van der Waals surface area contributed by atoms with Gasteiger partial charge in [-0.1, -0.05) is 36.4 Å². The highest BCUT2D eigenvalue weighted by atomic mass is 16.5. The van der Waals surface area contributed by atoms with Gasteiger partial charge in [0.2, 0.25) is 5.91 Å². The fraction of sp³-hybridized carbons (Fsp3) is 0.208. The molecule has 3 aromatic carbocycles. The molecule has 0 atom stereocenters. The predicted octanol–water partition coefficient (Wildman–Crippen LogP) is 4.34. The van der Waals surface area contributed by atoms with Crippen molar-refractivity contribution in [3.8, 4) is 11.5 Å². The van der Waals surface area contributed by atoms with Crippen molar-refractivity contribution in [2.75, 3.05) is 37.5 Å². The van der Waals surface area contributed by atoms with E-state index in [0.29, 0.717) is 25.5 Å². The molecule has 0 aliphatic rings. The summed E-state index contributed by atoms with van der Waals surface area (Å²) in [5.74, 6) is 1.34. The highest BCUT2D eigenvalue weighted by Gasteiger charge is 2.04. The average Bonchev–Trinajstić information content (AvgIpc) is 2.79. The second kappa shape index (κ2) is 11.5. The van der Waals surface area contributed by atoms with Gasteiger partial charge in [-0.15, -0.1) is 0 Å². The summed E-state index contributed by atoms with van der Waals surface area (Å²) in [6, 6.07) is 24.8. The molecule has 0 radical (unpaired) electrons. The number of hydrogen-bond acceptors (Lipinski definition) is 5. The Balaban J connectivity index is 1.44. The van der Waals surface area contributed by atoms with Crippen LogP contribution in [-0.4, -0.2) is 32.8 Å². The van der Waals surface area contributed by atoms with Crippen molar-refractivity contribution in [1.82, 2.24) is 0 Å². The Morgan fingerprint density at radius 3 is 2.37 bits per heavy atom. The summed E-state index contributed by atoms with van der Waals surface area (Å²) in [6.07, 6.45) is 0. The summed E-state index contributed by atoms with van der Waals surface area (Å²) in [5, 5.41) is 5.97. The van der Waals surface area contributed by atoms with Gasteiger partial charge in [-0.3, -0.25) is 4.79 Å². The molecule has 0 aliphatic heterocycles. The molecule has 2 N–H and O–H groups in total. The fourth-order valence-electron chi connectivity index (χ4n) is 2.70. The predicted molar refractivity (Wildman–Crippen MR) is 118 cm³/mol. The van der Waals surface area contributed by atoms with Crippen LogP contribution in [0, 0.1) is 0 Å². The maximum absolute atomic E-state index is 12.2. The Kier molecular flexibility index (Phi) is 8.12. The van der Waals surface area contributed by atoms with Crippen LogP contribution in [0.1, 0.15) is 5.56 Å². The van der Waals surface area contributed by atoms with Gasteiger partial charge in [0.05, 0.1) is 13.2 Å². The van der Waals surface area contributed by atoms with Crippen molar-refractivity contribution in [2.24, 2.45) is 0 Å². The number of methoxy groups -OCH3 is 1. The minimum atomic E-state index is -0.140. The minimum absolute atomic E-state index is 0.140. The van der Waals surface area contributed by atoms with E-state index in [1.165, 1.54) is 0 Å². The Bertz CT molecular complexity index is 914. The van der Waals surface area contributed by atoms with Crippen LogP contribution in [0.5, 0.6) is 11.5 Å². The number of nitrogens with one attached hydrogen (secondary N) is 2. The number of anilines is 2. The molecule has 30 heavy (non-hydrogen) atoms. The first-order chi connectivity index (χ1) is 14.7. The molecular formula is C24H26N2O4. The summed E-state index contributed by atoms with van der Waals surface area (Å²) in [6.45, 7) is 1.66. The Labute approximate surface area is 176 Å². The number of rotatable bonds is 11. The number of carbonyl (C=O) groups excluding carboxylic acids is 1. The van der Waals surface area contributed by atoms with Gasteiger partial charge in [0.1, 0.15) is 24.7 Å². The molecule has 3 aromatic rings.